The van der Waals surface area contributed by atoms with Crippen LogP contribution in [0.4, 0.5) is 0 Å². The second kappa shape index (κ2) is 72.3. The van der Waals surface area contributed by atoms with Gasteiger partial charge in [-0.05, 0) is 48.5 Å². The fourth-order valence-corrected chi connectivity index (χ4v) is 6.72. The Bertz CT molecular complexity index is 2730. The zero-order valence-electron chi connectivity index (χ0n) is 45.3. The first-order valence-corrected chi connectivity index (χ1v) is 19.8. The Morgan fingerprint density at radius 3 is 0.349 bits per heavy atom. The topological polar surface area (TPSA) is 663 Å². The van der Waals surface area contributed by atoms with E-state index in [1.165, 1.54) is 0 Å². The molecule has 0 aliphatic rings. The van der Waals surface area contributed by atoms with E-state index in [1.807, 2.05) is 48.5 Å². The van der Waals surface area contributed by atoms with Gasteiger partial charge in [0, 0.05) is 167 Å². The number of rotatable bonds is 0. The number of fused-ring (bicyclic) bond motifs is 12. The van der Waals surface area contributed by atoms with Crippen LogP contribution in [0.2, 0.25) is 0 Å². The van der Waals surface area contributed by atoms with Crippen LogP contribution in [0.3, 0.4) is 0 Å². The molecule has 86 heavy (non-hydrogen) atoms. The summed E-state index contributed by atoms with van der Waals surface area (Å²) in [5.41, 5.74) is 7.82. The van der Waals surface area contributed by atoms with Crippen molar-refractivity contribution in [2.75, 3.05) is 28.4 Å². The molecular formula is C52H52N8O20V6-20. The first-order chi connectivity index (χ1) is 31.8. The van der Waals surface area contributed by atoms with E-state index in [0.717, 1.165) is 116 Å². The summed E-state index contributed by atoms with van der Waals surface area (Å²) < 4.78 is 0. The number of aromatic nitrogens is 8. The van der Waals surface area contributed by atoms with Gasteiger partial charge in [0.15, 0.2) is 0 Å². The van der Waals surface area contributed by atoms with E-state index in [0.29, 0.717) is 0 Å². The first-order valence-electron chi connectivity index (χ1n) is 19.8. The molecule has 4 aromatic carbocycles. The molecule has 0 unspecified atom stereocenters. The summed E-state index contributed by atoms with van der Waals surface area (Å²) in [7, 11) is 3.00. The van der Waals surface area contributed by atoms with Gasteiger partial charge in [-0.3, -0.25) is 39.9 Å². The largest absolute Gasteiger partial charge is 4.00 e. The van der Waals surface area contributed by atoms with Gasteiger partial charge in [0.05, 0.1) is 44.1 Å². The molecule has 0 saturated heterocycles. The van der Waals surface area contributed by atoms with Crippen molar-refractivity contribution in [1.82, 2.24) is 39.9 Å². The first kappa shape index (κ1) is 131. The predicted octanol–water partition coefficient (Wildman–Crippen LogP) is 2.30. The Morgan fingerprint density at radius 2 is 0.267 bits per heavy atom. The van der Waals surface area contributed by atoms with Crippen LogP contribution in [0.15, 0.2) is 195 Å². The quantitative estimate of drug-likeness (QED) is 0.197. The zero-order chi connectivity index (χ0) is 45.5. The Labute approximate surface area is 565 Å². The van der Waals surface area contributed by atoms with Crippen molar-refractivity contribution in [3.8, 4) is 0 Å². The van der Waals surface area contributed by atoms with Gasteiger partial charge in [0.2, 0.25) is 0 Å². The Hall–Kier alpha value is -5.13. The summed E-state index contributed by atoms with van der Waals surface area (Å²) in [6.07, 6.45) is 14.4. The van der Waals surface area contributed by atoms with Crippen LogP contribution < -0.4 is 20.4 Å². The molecule has 0 atom stereocenters. The molecule has 8 N–H and O–H groups in total. The molecule has 0 saturated carbocycles. The molecule has 0 aliphatic heterocycles. The normalized spacial score (nSPS) is 7.35. The SMILES string of the molecule is C[O-].C[O-].C[O-].C[O-].O.O.O.O.[O-2].[O-2].[O-2].[O-2].[O-2].[O-2].[O-2].[O-2].[O-2].[O-2].[O-2].[O-2].[V+4].[V+4].[V].[V].[V].[V].c1cnc2c(c1)ccc1cccnc12.c1cnc2c(c1)ccc1cccnc12.c1cnc2c(c1)ccc1cccnc12.c1cnc2c(c1)ccc1cccnc12. The molecule has 0 aliphatic carbocycles. The minimum atomic E-state index is 0. The van der Waals surface area contributed by atoms with E-state index in [-0.39, 0.29) is 199 Å². The Balaban J connectivity index is -0.0000000398. The Kier molecular flexibility index (Phi) is 110. The van der Waals surface area contributed by atoms with Crippen molar-refractivity contribution in [3.05, 3.63) is 195 Å². The van der Waals surface area contributed by atoms with Gasteiger partial charge >= 0.3 is 37.1 Å². The molecule has 12 aromatic rings. The minimum Gasteiger partial charge on any atom is -2.00 e. The third-order valence-corrected chi connectivity index (χ3v) is 9.38. The van der Waals surface area contributed by atoms with Gasteiger partial charge in [0.1, 0.15) is 0 Å². The molecule has 8 heterocycles. The van der Waals surface area contributed by atoms with Gasteiger partial charge in [-0.15, -0.1) is 0 Å². The average Bonchev–Trinajstić information content (AvgIpc) is 3.41. The van der Waals surface area contributed by atoms with E-state index < -0.39 is 0 Å². The van der Waals surface area contributed by atoms with Crippen LogP contribution in [-0.4, -0.2) is 90.2 Å². The van der Waals surface area contributed by atoms with E-state index in [2.05, 4.69) is 137 Å². The maximum atomic E-state index is 8.25. The van der Waals surface area contributed by atoms with Gasteiger partial charge in [-0.25, -0.2) is 0 Å². The van der Waals surface area contributed by atoms with Gasteiger partial charge < -0.3 is 108 Å². The van der Waals surface area contributed by atoms with Crippen molar-refractivity contribution in [1.29, 1.82) is 0 Å². The van der Waals surface area contributed by atoms with Gasteiger partial charge in [-0.2, -0.15) is 28.4 Å². The molecular weight excluding hydrogens is 1360 g/mol. The van der Waals surface area contributed by atoms with Crippen LogP contribution in [0, 0.1) is 0 Å². The fourth-order valence-electron chi connectivity index (χ4n) is 6.72. The summed E-state index contributed by atoms with van der Waals surface area (Å²) in [6, 6.07) is 48.6. The maximum absolute atomic E-state index is 8.25. The predicted molar refractivity (Wildman–Crippen MR) is 275 cm³/mol. The monoisotopic (exact) mass is 1410 g/mol. The second-order valence-corrected chi connectivity index (χ2v) is 12.9. The van der Waals surface area contributed by atoms with Crippen LogP contribution in [0.5, 0.6) is 0 Å². The van der Waals surface area contributed by atoms with Crippen LogP contribution in [-0.2, 0) is 177 Å². The summed E-state index contributed by atoms with van der Waals surface area (Å²) in [5, 5.41) is 42.1. The third kappa shape index (κ3) is 33.8. The molecule has 470 valence electrons. The van der Waals surface area contributed by atoms with Crippen LogP contribution in [0.25, 0.3) is 87.2 Å². The molecule has 12 rings (SSSR count). The number of nitrogens with zero attached hydrogens (tertiary/aromatic N) is 8. The summed E-state index contributed by atoms with van der Waals surface area (Å²) >= 11 is 0. The van der Waals surface area contributed by atoms with E-state index >= 15 is 0 Å². The molecule has 0 bridgehead atoms. The fraction of sp³-hybridized carbons (Fsp3) is 0.0769. The van der Waals surface area contributed by atoms with Crippen molar-refractivity contribution in [3.63, 3.8) is 0 Å². The van der Waals surface area contributed by atoms with Gasteiger partial charge in [0.25, 0.3) is 0 Å². The second-order valence-electron chi connectivity index (χ2n) is 12.9. The molecule has 0 fully saturated rings. The number of benzene rings is 4. The standard InChI is InChI=1S/4C12H8N2.4CH3O.4H2O.12O.6V/c4*1-3-9-5-6-10-4-2-8-14-12(10)11(9)13-7-1;4*1-2;;;;;;;;;;;;;;;;;;;;;;/h4*1-8H;4*1H3;4*1H2;;;;;;;;;;;;;;;;;;/q;;;;4*-1;;;;;12*-2;;;;;2*+4. The van der Waals surface area contributed by atoms with Gasteiger partial charge in [-0.1, -0.05) is 97.1 Å². The molecule has 8 aromatic heterocycles. The average molecular weight is 1410 g/mol. The number of hydrogen-bond acceptors (Lipinski definition) is 12. The zero-order valence-corrected chi connectivity index (χ0v) is 53.6. The van der Waals surface area contributed by atoms with Crippen molar-refractivity contribution >= 4 is 87.2 Å². The summed E-state index contributed by atoms with van der Waals surface area (Å²) in [6.45, 7) is 0. The van der Waals surface area contributed by atoms with E-state index in [4.69, 9.17) is 20.4 Å². The number of hydrogen-bond donors (Lipinski definition) is 0. The number of pyridine rings is 8. The Morgan fingerprint density at radius 1 is 0.186 bits per heavy atom. The molecule has 0 amide bonds. The third-order valence-electron chi connectivity index (χ3n) is 9.38. The van der Waals surface area contributed by atoms with Crippen LogP contribution >= 0.6 is 0 Å². The smallest absolute Gasteiger partial charge is 2.00 e. The van der Waals surface area contributed by atoms with E-state index in [1.54, 1.807) is 49.6 Å². The van der Waals surface area contributed by atoms with Crippen molar-refractivity contribution < 1.29 is 219 Å². The molecule has 28 nitrogen and oxygen atoms in total. The summed E-state index contributed by atoms with van der Waals surface area (Å²) in [4.78, 5) is 34.8. The molecule has 34 heteroatoms. The summed E-state index contributed by atoms with van der Waals surface area (Å²) in [5.74, 6) is 0. The molecule has 0 spiro atoms. The molecule has 6 radical (unpaired) electrons. The van der Waals surface area contributed by atoms with E-state index in [9.17, 15) is 0 Å². The van der Waals surface area contributed by atoms with Crippen LogP contribution in [0.1, 0.15) is 0 Å². The minimum absolute atomic E-state index is 0. The maximum Gasteiger partial charge on any atom is 4.00 e. The van der Waals surface area contributed by atoms with Crippen molar-refractivity contribution in [2.24, 2.45) is 0 Å². The van der Waals surface area contributed by atoms with Crippen molar-refractivity contribution in [2.45, 2.75) is 0 Å².